The highest BCUT2D eigenvalue weighted by Crippen LogP contribution is 2.27. The largest absolute Gasteiger partial charge is 0.465 e. The lowest BCUT2D eigenvalue weighted by atomic mass is 9.87. The number of carbonyl (C=O) groups is 1. The second kappa shape index (κ2) is 6.48. The van der Waals surface area contributed by atoms with Gasteiger partial charge in [-0.15, -0.1) is 0 Å². The number of hydrogen-bond acceptors (Lipinski definition) is 3. The van der Waals surface area contributed by atoms with E-state index in [4.69, 9.17) is 0 Å². The maximum Gasteiger partial charge on any atom is 0.408 e. The van der Waals surface area contributed by atoms with Gasteiger partial charge >= 0.3 is 12.7 Å². The Hall–Kier alpha value is -1.89. The quantitative estimate of drug-likeness (QED) is 0.896. The molecule has 22 heavy (non-hydrogen) atoms. The van der Waals surface area contributed by atoms with Crippen LogP contribution in [0, 0.1) is 0 Å². The standard InChI is InChI=1S/C15H20F2N2O3/c1-10-8-18-9-15(2,19(10)14(20)21)7-11-3-5-12(6-4-11)22-13(16)17/h3-6,10,13,18H,7-9H2,1-2H3,(H,20,21)/t10-,15-/m1/s1. The van der Waals surface area contributed by atoms with Crippen molar-refractivity contribution in [2.75, 3.05) is 13.1 Å². The van der Waals surface area contributed by atoms with Crippen LogP contribution in [-0.4, -0.2) is 47.4 Å². The molecule has 1 saturated heterocycles. The van der Waals surface area contributed by atoms with E-state index in [0.717, 1.165) is 5.56 Å². The van der Waals surface area contributed by atoms with Crippen LogP contribution in [0.3, 0.4) is 0 Å². The zero-order chi connectivity index (χ0) is 16.3. The second-order valence-electron chi connectivity index (χ2n) is 5.83. The number of amides is 1. The molecule has 1 amide bonds. The van der Waals surface area contributed by atoms with Gasteiger partial charge in [-0.2, -0.15) is 8.78 Å². The van der Waals surface area contributed by atoms with Crippen molar-refractivity contribution >= 4 is 6.09 Å². The molecule has 1 aromatic carbocycles. The normalized spacial score (nSPS) is 25.3. The fraction of sp³-hybridized carbons (Fsp3) is 0.533. The van der Waals surface area contributed by atoms with Gasteiger partial charge in [-0.1, -0.05) is 12.1 Å². The van der Waals surface area contributed by atoms with Crippen LogP contribution < -0.4 is 10.1 Å². The molecule has 1 heterocycles. The molecule has 0 spiro atoms. The third-order valence-corrected chi connectivity index (χ3v) is 3.91. The van der Waals surface area contributed by atoms with E-state index >= 15 is 0 Å². The van der Waals surface area contributed by atoms with Crippen LogP contribution in [0.1, 0.15) is 19.4 Å². The Kier molecular flexibility index (Phi) is 4.85. The summed E-state index contributed by atoms with van der Waals surface area (Å²) in [5.74, 6) is 0.0918. The number of ether oxygens (including phenoxy) is 1. The minimum atomic E-state index is -2.85. The minimum absolute atomic E-state index is 0.0918. The molecule has 1 aromatic rings. The molecule has 5 nitrogen and oxygen atoms in total. The average Bonchev–Trinajstić information content (AvgIpc) is 2.39. The van der Waals surface area contributed by atoms with Crippen molar-refractivity contribution in [1.29, 1.82) is 0 Å². The average molecular weight is 314 g/mol. The fourth-order valence-corrected chi connectivity index (χ4v) is 3.05. The van der Waals surface area contributed by atoms with Crippen molar-refractivity contribution < 1.29 is 23.4 Å². The Morgan fingerprint density at radius 2 is 2.14 bits per heavy atom. The van der Waals surface area contributed by atoms with E-state index in [2.05, 4.69) is 10.1 Å². The second-order valence-corrected chi connectivity index (χ2v) is 5.83. The van der Waals surface area contributed by atoms with E-state index in [1.807, 2.05) is 13.8 Å². The van der Waals surface area contributed by atoms with Gasteiger partial charge in [0, 0.05) is 19.1 Å². The number of benzene rings is 1. The monoisotopic (exact) mass is 314 g/mol. The van der Waals surface area contributed by atoms with Gasteiger partial charge in [0.25, 0.3) is 0 Å². The van der Waals surface area contributed by atoms with Crippen LogP contribution in [-0.2, 0) is 6.42 Å². The molecule has 0 unspecified atom stereocenters. The molecule has 0 saturated carbocycles. The molecule has 2 atom stereocenters. The summed E-state index contributed by atoms with van der Waals surface area (Å²) >= 11 is 0. The predicted molar refractivity (Wildman–Crippen MR) is 77.4 cm³/mol. The number of alkyl halides is 2. The van der Waals surface area contributed by atoms with Crippen molar-refractivity contribution in [2.24, 2.45) is 0 Å². The minimum Gasteiger partial charge on any atom is -0.465 e. The Morgan fingerprint density at radius 1 is 1.50 bits per heavy atom. The van der Waals surface area contributed by atoms with Crippen molar-refractivity contribution in [2.45, 2.75) is 38.5 Å². The van der Waals surface area contributed by atoms with Gasteiger partial charge in [0.2, 0.25) is 0 Å². The lowest BCUT2D eigenvalue weighted by molar-refractivity contribution is -0.0498. The van der Waals surface area contributed by atoms with E-state index in [9.17, 15) is 18.7 Å². The Labute approximate surface area is 127 Å². The summed E-state index contributed by atoms with van der Waals surface area (Å²) in [7, 11) is 0. The van der Waals surface area contributed by atoms with Gasteiger partial charge in [-0.05, 0) is 38.0 Å². The van der Waals surface area contributed by atoms with E-state index in [-0.39, 0.29) is 11.8 Å². The molecule has 1 fully saturated rings. The first-order valence-corrected chi connectivity index (χ1v) is 7.08. The van der Waals surface area contributed by atoms with Crippen LogP contribution >= 0.6 is 0 Å². The van der Waals surface area contributed by atoms with Crippen molar-refractivity contribution in [3.63, 3.8) is 0 Å². The summed E-state index contributed by atoms with van der Waals surface area (Å²) in [4.78, 5) is 13.0. The van der Waals surface area contributed by atoms with Crippen LogP contribution in [0.4, 0.5) is 13.6 Å². The molecule has 0 radical (unpaired) electrons. The zero-order valence-electron chi connectivity index (χ0n) is 12.6. The van der Waals surface area contributed by atoms with Gasteiger partial charge in [0.1, 0.15) is 5.75 Å². The number of nitrogens with zero attached hydrogens (tertiary/aromatic N) is 1. The van der Waals surface area contributed by atoms with E-state index < -0.39 is 18.2 Å². The SMILES string of the molecule is C[C@@H]1CNC[C@@](C)(Cc2ccc(OC(F)F)cc2)N1C(=O)O. The number of carboxylic acid groups (broad SMARTS) is 1. The number of piperazine rings is 1. The van der Waals surface area contributed by atoms with Gasteiger partial charge in [-0.25, -0.2) is 4.79 Å². The van der Waals surface area contributed by atoms with Crippen LogP contribution in [0.2, 0.25) is 0 Å². The van der Waals surface area contributed by atoms with E-state index in [1.165, 1.54) is 17.0 Å². The van der Waals surface area contributed by atoms with Crippen LogP contribution in [0.25, 0.3) is 0 Å². The molecule has 0 bridgehead atoms. The Bertz CT molecular complexity index is 524. The number of halogens is 2. The topological polar surface area (TPSA) is 61.8 Å². The highest BCUT2D eigenvalue weighted by molar-refractivity contribution is 5.67. The predicted octanol–water partition coefficient (Wildman–Crippen LogP) is 2.56. The molecule has 1 aliphatic heterocycles. The molecule has 1 aliphatic rings. The van der Waals surface area contributed by atoms with Crippen LogP contribution in [0.15, 0.2) is 24.3 Å². The van der Waals surface area contributed by atoms with Gasteiger partial charge in [-0.3, -0.25) is 4.90 Å². The van der Waals surface area contributed by atoms with Crippen molar-refractivity contribution in [1.82, 2.24) is 10.2 Å². The summed E-state index contributed by atoms with van der Waals surface area (Å²) in [6.07, 6.45) is -0.458. The highest BCUT2D eigenvalue weighted by Gasteiger charge is 2.41. The summed E-state index contributed by atoms with van der Waals surface area (Å²) in [5.41, 5.74) is 0.278. The van der Waals surface area contributed by atoms with E-state index in [0.29, 0.717) is 19.5 Å². The fourth-order valence-electron chi connectivity index (χ4n) is 3.05. The first-order chi connectivity index (χ1) is 10.3. The molecule has 122 valence electrons. The molecular formula is C15H20F2N2O3. The molecular weight excluding hydrogens is 294 g/mol. The Morgan fingerprint density at radius 3 is 2.68 bits per heavy atom. The summed E-state index contributed by atoms with van der Waals surface area (Å²) in [5, 5.41) is 12.7. The maximum absolute atomic E-state index is 12.1. The van der Waals surface area contributed by atoms with Gasteiger partial charge in [0.05, 0.1) is 5.54 Å². The summed E-state index contributed by atoms with van der Waals surface area (Å²) < 4.78 is 28.6. The molecule has 7 heteroatoms. The number of rotatable bonds is 4. The molecule has 0 aromatic heterocycles. The zero-order valence-corrected chi connectivity index (χ0v) is 12.6. The lowest BCUT2D eigenvalue weighted by Gasteiger charge is -2.47. The first-order valence-electron chi connectivity index (χ1n) is 7.08. The Balaban J connectivity index is 2.14. The third-order valence-electron chi connectivity index (χ3n) is 3.91. The van der Waals surface area contributed by atoms with Crippen molar-refractivity contribution in [3.8, 4) is 5.75 Å². The van der Waals surface area contributed by atoms with Gasteiger partial charge < -0.3 is 15.2 Å². The van der Waals surface area contributed by atoms with Crippen LogP contribution in [0.5, 0.6) is 5.75 Å². The highest BCUT2D eigenvalue weighted by atomic mass is 19.3. The smallest absolute Gasteiger partial charge is 0.408 e. The number of hydrogen-bond donors (Lipinski definition) is 2. The molecule has 0 aliphatic carbocycles. The summed E-state index contributed by atoms with van der Waals surface area (Å²) in [6, 6.07) is 6.17. The van der Waals surface area contributed by atoms with Crippen molar-refractivity contribution in [3.05, 3.63) is 29.8 Å². The maximum atomic E-state index is 12.1. The molecule has 2 N–H and O–H groups in total. The van der Waals surface area contributed by atoms with E-state index in [1.54, 1.807) is 12.1 Å². The lowest BCUT2D eigenvalue weighted by Crippen LogP contribution is -2.65. The summed E-state index contributed by atoms with van der Waals surface area (Å²) in [6.45, 7) is 2.04. The van der Waals surface area contributed by atoms with Gasteiger partial charge in [0.15, 0.2) is 0 Å². The third kappa shape index (κ3) is 3.65. The first kappa shape index (κ1) is 16.5. The molecule has 2 rings (SSSR count). The number of nitrogens with one attached hydrogen (secondary N) is 1.